The molecular weight excluding hydrogens is 423 g/mol. The van der Waals surface area contributed by atoms with Crippen LogP contribution in [0.2, 0.25) is 5.02 Å². The summed E-state index contributed by atoms with van der Waals surface area (Å²) in [6.45, 7) is -0.159. The summed E-state index contributed by atoms with van der Waals surface area (Å²) in [5.74, 6) is -0.897. The van der Waals surface area contributed by atoms with Crippen molar-refractivity contribution < 1.29 is 27.1 Å². The van der Waals surface area contributed by atoms with Crippen LogP contribution < -0.4 is 10.0 Å². The summed E-state index contributed by atoms with van der Waals surface area (Å²) in [7, 11) is -4.04. The fourth-order valence-electron chi connectivity index (χ4n) is 2.44. The Balaban J connectivity index is 1.76. The Labute approximate surface area is 171 Å². The summed E-state index contributed by atoms with van der Waals surface area (Å²) in [6, 6.07) is 11.5. The molecule has 3 N–H and O–H groups in total. The van der Waals surface area contributed by atoms with E-state index in [0.29, 0.717) is 0 Å². The normalized spacial score (nSPS) is 12.4. The first-order chi connectivity index (χ1) is 13.8. The number of anilines is 1. The molecule has 0 aliphatic heterocycles. The molecule has 1 heterocycles. The molecule has 0 aliphatic carbocycles. The molecule has 1 aromatic heterocycles. The van der Waals surface area contributed by atoms with Crippen molar-refractivity contribution in [1.82, 2.24) is 5.32 Å². The lowest BCUT2D eigenvalue weighted by Crippen LogP contribution is -2.28. The molecule has 0 spiro atoms. The van der Waals surface area contributed by atoms with Gasteiger partial charge in [0, 0.05) is 5.69 Å². The maximum Gasteiger partial charge on any atom is 0.261 e. The van der Waals surface area contributed by atoms with Gasteiger partial charge in [-0.1, -0.05) is 11.6 Å². The Hall–Kier alpha value is -2.88. The van der Waals surface area contributed by atoms with E-state index >= 15 is 0 Å². The van der Waals surface area contributed by atoms with Gasteiger partial charge in [0.2, 0.25) is 0 Å². The van der Waals surface area contributed by atoms with Gasteiger partial charge in [0.05, 0.1) is 28.3 Å². The molecule has 3 rings (SSSR count). The van der Waals surface area contributed by atoms with Crippen LogP contribution >= 0.6 is 11.6 Å². The number of rotatable bonds is 7. The molecule has 0 bridgehead atoms. The lowest BCUT2D eigenvalue weighted by atomic mass is 10.2. The summed E-state index contributed by atoms with van der Waals surface area (Å²) in [4.78, 5) is 12.2. The van der Waals surface area contributed by atoms with Crippen LogP contribution in [0.4, 0.5) is 10.1 Å². The predicted molar refractivity (Wildman–Crippen MR) is 105 cm³/mol. The van der Waals surface area contributed by atoms with Gasteiger partial charge in [0.15, 0.2) is 0 Å². The topological polar surface area (TPSA) is 109 Å². The number of nitrogens with one attached hydrogen (secondary N) is 2. The molecule has 152 valence electrons. The van der Waals surface area contributed by atoms with Crippen molar-refractivity contribution in [1.29, 1.82) is 0 Å². The first-order valence-corrected chi connectivity index (χ1v) is 10.2. The molecule has 0 fully saturated rings. The summed E-state index contributed by atoms with van der Waals surface area (Å²) < 4.78 is 45.5. The predicted octanol–water partition coefficient (Wildman–Crippen LogP) is 3.34. The van der Waals surface area contributed by atoms with Crippen molar-refractivity contribution in [3.8, 4) is 0 Å². The monoisotopic (exact) mass is 438 g/mol. The van der Waals surface area contributed by atoms with Crippen LogP contribution in [0.25, 0.3) is 0 Å². The van der Waals surface area contributed by atoms with Crippen LogP contribution in [0.5, 0.6) is 0 Å². The van der Waals surface area contributed by atoms with E-state index in [4.69, 9.17) is 16.0 Å². The third-order valence-electron chi connectivity index (χ3n) is 3.92. The fraction of sp³-hybridized carbons (Fsp3) is 0.105. The highest BCUT2D eigenvalue weighted by molar-refractivity contribution is 7.92. The van der Waals surface area contributed by atoms with Crippen LogP contribution in [0.15, 0.2) is 70.2 Å². The van der Waals surface area contributed by atoms with Gasteiger partial charge in [0.25, 0.3) is 15.9 Å². The highest BCUT2D eigenvalue weighted by Gasteiger charge is 2.20. The number of aliphatic hydroxyl groups is 1. The second kappa shape index (κ2) is 8.64. The smallest absolute Gasteiger partial charge is 0.261 e. The number of hydrogen-bond donors (Lipinski definition) is 3. The number of carbonyl (C=O) groups excluding carboxylic acids is 1. The van der Waals surface area contributed by atoms with Gasteiger partial charge in [-0.3, -0.25) is 9.52 Å². The van der Waals surface area contributed by atoms with Crippen molar-refractivity contribution in [2.24, 2.45) is 0 Å². The van der Waals surface area contributed by atoms with E-state index in [2.05, 4.69) is 10.0 Å². The summed E-state index contributed by atoms with van der Waals surface area (Å²) in [5.41, 5.74) is 0.0780. The second-order valence-corrected chi connectivity index (χ2v) is 8.08. The Morgan fingerprint density at radius 1 is 1.17 bits per heavy atom. The summed E-state index contributed by atoms with van der Waals surface area (Å²) >= 11 is 6.03. The van der Waals surface area contributed by atoms with E-state index in [1.54, 1.807) is 12.1 Å². The van der Waals surface area contributed by atoms with Crippen molar-refractivity contribution in [2.75, 3.05) is 11.3 Å². The highest BCUT2D eigenvalue weighted by Crippen LogP contribution is 2.23. The minimum absolute atomic E-state index is 0.0377. The average Bonchev–Trinajstić information content (AvgIpc) is 3.22. The lowest BCUT2D eigenvalue weighted by Gasteiger charge is -2.12. The zero-order chi connectivity index (χ0) is 21.0. The van der Waals surface area contributed by atoms with Crippen molar-refractivity contribution in [3.63, 3.8) is 0 Å². The molecular formula is C19H16ClFN2O5S. The van der Waals surface area contributed by atoms with Crippen LogP contribution in [0.3, 0.4) is 0 Å². The third-order valence-corrected chi connectivity index (χ3v) is 5.63. The maximum absolute atomic E-state index is 13.0. The molecule has 0 saturated heterocycles. The molecule has 3 aromatic rings. The first-order valence-electron chi connectivity index (χ1n) is 8.34. The van der Waals surface area contributed by atoms with Crippen LogP contribution in [0, 0.1) is 5.82 Å². The Morgan fingerprint density at radius 2 is 1.90 bits per heavy atom. The SMILES string of the molecule is O=C(NCC(O)c1ccco1)c1cc(S(=O)(=O)Nc2ccc(F)cc2)ccc1Cl. The maximum atomic E-state index is 13.0. The van der Waals surface area contributed by atoms with Crippen molar-refractivity contribution in [3.05, 3.63) is 83.0 Å². The molecule has 29 heavy (non-hydrogen) atoms. The van der Waals surface area contributed by atoms with Gasteiger partial charge >= 0.3 is 0 Å². The highest BCUT2D eigenvalue weighted by atomic mass is 35.5. The van der Waals surface area contributed by atoms with Gasteiger partial charge in [0.1, 0.15) is 17.7 Å². The lowest BCUT2D eigenvalue weighted by molar-refractivity contribution is 0.0901. The first kappa shape index (κ1) is 20.8. The molecule has 1 amide bonds. The summed E-state index contributed by atoms with van der Waals surface area (Å²) in [6.07, 6.45) is 0.319. The van der Waals surface area contributed by atoms with E-state index in [0.717, 1.165) is 18.2 Å². The molecule has 7 nitrogen and oxygen atoms in total. The number of benzene rings is 2. The number of sulfonamides is 1. The van der Waals surface area contributed by atoms with E-state index in [9.17, 15) is 22.7 Å². The van der Waals surface area contributed by atoms with Crippen molar-refractivity contribution >= 4 is 33.2 Å². The van der Waals surface area contributed by atoms with E-state index in [1.165, 1.54) is 30.5 Å². The molecule has 1 unspecified atom stereocenters. The number of aliphatic hydroxyl groups excluding tert-OH is 1. The van der Waals surface area contributed by atoms with Gasteiger partial charge in [-0.05, 0) is 54.6 Å². The largest absolute Gasteiger partial charge is 0.467 e. The molecule has 0 radical (unpaired) electrons. The molecule has 0 saturated carbocycles. The zero-order valence-corrected chi connectivity index (χ0v) is 16.4. The van der Waals surface area contributed by atoms with Gasteiger partial charge in [-0.25, -0.2) is 12.8 Å². The second-order valence-electron chi connectivity index (χ2n) is 6.00. The molecule has 0 aliphatic rings. The Kier molecular flexibility index (Phi) is 6.21. The zero-order valence-electron chi connectivity index (χ0n) is 14.8. The molecule has 2 aromatic carbocycles. The number of furan rings is 1. The van der Waals surface area contributed by atoms with Crippen LogP contribution in [-0.4, -0.2) is 26.0 Å². The van der Waals surface area contributed by atoms with Gasteiger partial charge < -0.3 is 14.8 Å². The van der Waals surface area contributed by atoms with Crippen LogP contribution in [0.1, 0.15) is 22.2 Å². The summed E-state index contributed by atoms with van der Waals surface area (Å²) in [5, 5.41) is 12.5. The van der Waals surface area contributed by atoms with E-state index in [-0.39, 0.29) is 33.5 Å². The van der Waals surface area contributed by atoms with E-state index < -0.39 is 27.9 Å². The minimum Gasteiger partial charge on any atom is -0.467 e. The number of carbonyl (C=O) groups is 1. The van der Waals surface area contributed by atoms with Crippen molar-refractivity contribution in [2.45, 2.75) is 11.0 Å². The standard InChI is InChI=1S/C19H16ClFN2O5S/c20-16-8-7-14(29(26,27)23-13-5-3-12(21)4-6-13)10-15(16)19(25)22-11-17(24)18-2-1-9-28-18/h1-10,17,23-24H,11H2,(H,22,25). The average molecular weight is 439 g/mol. The molecule has 1 atom stereocenters. The minimum atomic E-state index is -4.04. The number of hydrogen-bond acceptors (Lipinski definition) is 5. The third kappa shape index (κ3) is 5.14. The Bertz CT molecular complexity index is 1100. The quantitative estimate of drug-likeness (QED) is 0.524. The van der Waals surface area contributed by atoms with E-state index in [1.807, 2.05) is 0 Å². The van der Waals surface area contributed by atoms with Gasteiger partial charge in [-0.15, -0.1) is 0 Å². The van der Waals surface area contributed by atoms with Gasteiger partial charge in [-0.2, -0.15) is 0 Å². The Morgan fingerprint density at radius 3 is 2.55 bits per heavy atom. The number of amides is 1. The number of halogens is 2. The fourth-order valence-corrected chi connectivity index (χ4v) is 3.73. The van der Waals surface area contributed by atoms with Crippen LogP contribution in [-0.2, 0) is 10.0 Å². The molecule has 10 heteroatoms.